The summed E-state index contributed by atoms with van der Waals surface area (Å²) in [4.78, 5) is 21.4. The Morgan fingerprint density at radius 2 is 1.77 bits per heavy atom. The van der Waals surface area contributed by atoms with Crippen molar-refractivity contribution in [3.05, 3.63) is 30.1 Å². The van der Waals surface area contributed by atoms with Crippen molar-refractivity contribution in [1.29, 1.82) is 0 Å². The second-order valence-corrected chi connectivity index (χ2v) is 6.67. The number of carbonyl (C=O) groups is 1. The molecule has 1 aromatic heterocycles. The number of hydrogen-bond donors (Lipinski definition) is 0. The fraction of sp³-hybridized carbons (Fsp3) is 0.667. The first-order valence-corrected chi connectivity index (χ1v) is 8.73. The van der Waals surface area contributed by atoms with E-state index >= 15 is 0 Å². The molecule has 1 unspecified atom stereocenters. The molecule has 0 spiro atoms. The zero-order valence-corrected chi connectivity index (χ0v) is 13.4. The van der Waals surface area contributed by atoms with Gasteiger partial charge in [-0.1, -0.05) is 12.8 Å². The summed E-state index contributed by atoms with van der Waals surface area (Å²) >= 11 is 0. The van der Waals surface area contributed by atoms with Gasteiger partial charge in [-0.3, -0.25) is 14.7 Å². The molecule has 0 aliphatic carbocycles. The molecule has 4 heteroatoms. The quantitative estimate of drug-likeness (QED) is 0.861. The van der Waals surface area contributed by atoms with Crippen molar-refractivity contribution in [2.45, 2.75) is 45.1 Å². The molecule has 4 nitrogen and oxygen atoms in total. The maximum atomic E-state index is 12.8. The van der Waals surface area contributed by atoms with Crippen LogP contribution in [-0.2, 0) is 11.3 Å². The lowest BCUT2D eigenvalue weighted by molar-refractivity contribution is -0.137. The third kappa shape index (κ3) is 4.07. The molecule has 3 heterocycles. The zero-order chi connectivity index (χ0) is 15.2. The van der Waals surface area contributed by atoms with Crippen LogP contribution in [0.25, 0.3) is 0 Å². The fourth-order valence-electron chi connectivity index (χ4n) is 3.70. The van der Waals surface area contributed by atoms with Gasteiger partial charge in [-0.15, -0.1) is 0 Å². The summed E-state index contributed by atoms with van der Waals surface area (Å²) in [5, 5.41) is 0. The number of pyridine rings is 1. The van der Waals surface area contributed by atoms with Gasteiger partial charge < -0.3 is 4.90 Å². The van der Waals surface area contributed by atoms with Gasteiger partial charge in [0.05, 0.1) is 5.92 Å². The molecule has 0 saturated carbocycles. The Balaban J connectivity index is 1.56. The number of rotatable bonds is 3. The van der Waals surface area contributed by atoms with Crippen LogP contribution >= 0.6 is 0 Å². The van der Waals surface area contributed by atoms with Crippen molar-refractivity contribution >= 4 is 5.91 Å². The number of likely N-dealkylation sites (tertiary alicyclic amines) is 2. The standard InChI is InChI=1S/C18H27N3O/c22-18(21-12-3-1-2-4-13-21)17-6-5-11-20(15-17)14-16-7-9-19-10-8-16/h7-10,17H,1-6,11-15H2. The fourth-order valence-corrected chi connectivity index (χ4v) is 3.70. The van der Waals surface area contributed by atoms with E-state index in [1.54, 1.807) is 0 Å². The average molecular weight is 301 g/mol. The summed E-state index contributed by atoms with van der Waals surface area (Å²) < 4.78 is 0. The molecule has 120 valence electrons. The largest absolute Gasteiger partial charge is 0.342 e. The summed E-state index contributed by atoms with van der Waals surface area (Å²) in [7, 11) is 0. The van der Waals surface area contributed by atoms with Gasteiger partial charge in [0.25, 0.3) is 0 Å². The van der Waals surface area contributed by atoms with E-state index in [1.807, 2.05) is 12.4 Å². The zero-order valence-electron chi connectivity index (χ0n) is 13.4. The molecule has 22 heavy (non-hydrogen) atoms. The molecule has 2 aliphatic heterocycles. The number of hydrogen-bond acceptors (Lipinski definition) is 3. The van der Waals surface area contributed by atoms with Crippen LogP contribution in [0.5, 0.6) is 0 Å². The highest BCUT2D eigenvalue weighted by molar-refractivity contribution is 5.79. The Bertz CT molecular complexity index is 468. The first-order chi connectivity index (χ1) is 10.8. The van der Waals surface area contributed by atoms with E-state index in [9.17, 15) is 4.79 Å². The van der Waals surface area contributed by atoms with Gasteiger partial charge in [-0.2, -0.15) is 0 Å². The molecule has 1 atom stereocenters. The van der Waals surface area contributed by atoms with E-state index < -0.39 is 0 Å². The minimum atomic E-state index is 0.202. The predicted octanol–water partition coefficient (Wildman–Crippen LogP) is 2.70. The molecular formula is C18H27N3O. The number of aromatic nitrogens is 1. The third-order valence-electron chi connectivity index (χ3n) is 4.93. The highest BCUT2D eigenvalue weighted by atomic mass is 16.2. The van der Waals surface area contributed by atoms with Gasteiger partial charge in [-0.25, -0.2) is 0 Å². The molecule has 2 aliphatic rings. The van der Waals surface area contributed by atoms with Crippen molar-refractivity contribution in [2.24, 2.45) is 5.92 Å². The van der Waals surface area contributed by atoms with Gasteiger partial charge in [0.15, 0.2) is 0 Å². The van der Waals surface area contributed by atoms with E-state index in [0.29, 0.717) is 5.91 Å². The summed E-state index contributed by atoms with van der Waals surface area (Å²) in [6, 6.07) is 4.14. The molecule has 1 amide bonds. The normalized spacial score (nSPS) is 24.0. The minimum absolute atomic E-state index is 0.202. The molecule has 1 aromatic rings. The monoisotopic (exact) mass is 301 g/mol. The average Bonchev–Trinajstić information content (AvgIpc) is 2.85. The van der Waals surface area contributed by atoms with Crippen molar-refractivity contribution in [1.82, 2.24) is 14.8 Å². The topological polar surface area (TPSA) is 36.4 Å². The highest BCUT2D eigenvalue weighted by Gasteiger charge is 2.29. The van der Waals surface area contributed by atoms with Crippen LogP contribution in [0.2, 0.25) is 0 Å². The van der Waals surface area contributed by atoms with Gasteiger partial charge in [0.1, 0.15) is 0 Å². The Kier molecular flexibility index (Phi) is 5.43. The first-order valence-electron chi connectivity index (χ1n) is 8.73. The first kappa shape index (κ1) is 15.5. The van der Waals surface area contributed by atoms with E-state index in [2.05, 4.69) is 26.9 Å². The second-order valence-electron chi connectivity index (χ2n) is 6.67. The maximum Gasteiger partial charge on any atom is 0.226 e. The smallest absolute Gasteiger partial charge is 0.226 e. The highest BCUT2D eigenvalue weighted by Crippen LogP contribution is 2.22. The lowest BCUT2D eigenvalue weighted by atomic mass is 9.96. The van der Waals surface area contributed by atoms with Gasteiger partial charge in [0.2, 0.25) is 5.91 Å². The van der Waals surface area contributed by atoms with Crippen molar-refractivity contribution < 1.29 is 4.79 Å². The van der Waals surface area contributed by atoms with Crippen molar-refractivity contribution in [3.63, 3.8) is 0 Å². The van der Waals surface area contributed by atoms with Gasteiger partial charge in [-0.05, 0) is 49.9 Å². The Hall–Kier alpha value is -1.42. The van der Waals surface area contributed by atoms with Crippen LogP contribution in [0, 0.1) is 5.92 Å². The third-order valence-corrected chi connectivity index (χ3v) is 4.93. The summed E-state index contributed by atoms with van der Waals surface area (Å²) in [6.45, 7) is 4.90. The summed E-state index contributed by atoms with van der Waals surface area (Å²) in [5.41, 5.74) is 1.29. The molecule has 3 rings (SSSR count). The van der Waals surface area contributed by atoms with E-state index in [1.165, 1.54) is 31.2 Å². The number of nitrogens with zero attached hydrogens (tertiary/aromatic N) is 3. The molecule has 0 bridgehead atoms. The minimum Gasteiger partial charge on any atom is -0.342 e. The molecule has 2 fully saturated rings. The van der Waals surface area contributed by atoms with Crippen LogP contribution in [0.4, 0.5) is 0 Å². The summed E-state index contributed by atoms with van der Waals surface area (Å²) in [5.74, 6) is 0.606. The Morgan fingerprint density at radius 3 is 2.50 bits per heavy atom. The molecule has 0 aromatic carbocycles. The van der Waals surface area contributed by atoms with Crippen molar-refractivity contribution in [3.8, 4) is 0 Å². The Morgan fingerprint density at radius 1 is 1.05 bits per heavy atom. The van der Waals surface area contributed by atoms with Crippen molar-refractivity contribution in [2.75, 3.05) is 26.2 Å². The van der Waals surface area contributed by atoms with Crippen LogP contribution in [0.15, 0.2) is 24.5 Å². The number of piperidine rings is 1. The number of carbonyl (C=O) groups excluding carboxylic acids is 1. The Labute approximate surface area is 133 Å². The van der Waals surface area contributed by atoms with E-state index in [4.69, 9.17) is 0 Å². The second kappa shape index (κ2) is 7.73. The van der Waals surface area contributed by atoms with Crippen LogP contribution in [0.1, 0.15) is 44.1 Å². The van der Waals surface area contributed by atoms with E-state index in [-0.39, 0.29) is 5.92 Å². The lowest BCUT2D eigenvalue weighted by Gasteiger charge is -2.34. The SMILES string of the molecule is O=C(C1CCCN(Cc2ccncc2)C1)N1CCCCCC1. The van der Waals surface area contributed by atoms with E-state index in [0.717, 1.165) is 45.6 Å². The predicted molar refractivity (Wildman–Crippen MR) is 87.3 cm³/mol. The number of amides is 1. The van der Waals surface area contributed by atoms with Gasteiger partial charge >= 0.3 is 0 Å². The lowest BCUT2D eigenvalue weighted by Crippen LogP contribution is -2.44. The maximum absolute atomic E-state index is 12.8. The van der Waals surface area contributed by atoms with Crippen LogP contribution in [-0.4, -0.2) is 46.9 Å². The summed E-state index contributed by atoms with van der Waals surface area (Å²) in [6.07, 6.45) is 10.8. The van der Waals surface area contributed by atoms with Crippen LogP contribution in [0.3, 0.4) is 0 Å². The van der Waals surface area contributed by atoms with Gasteiger partial charge in [0, 0.05) is 38.6 Å². The molecule has 0 N–H and O–H groups in total. The molecule has 0 radical (unpaired) electrons. The molecule has 2 saturated heterocycles. The van der Waals surface area contributed by atoms with Crippen LogP contribution < -0.4 is 0 Å². The molecular weight excluding hydrogens is 274 g/mol.